The van der Waals surface area contributed by atoms with Gasteiger partial charge < -0.3 is 9.42 Å². The smallest absolute Gasteiger partial charge is 0.258 e. The molecule has 1 aliphatic rings. The highest BCUT2D eigenvalue weighted by Crippen LogP contribution is 2.22. The molecule has 1 saturated heterocycles. The predicted molar refractivity (Wildman–Crippen MR) is 93.9 cm³/mol. The van der Waals surface area contributed by atoms with Crippen molar-refractivity contribution < 1.29 is 9.32 Å². The average Bonchev–Trinajstić information content (AvgIpc) is 3.42. The zero-order valence-corrected chi connectivity index (χ0v) is 14.8. The number of nitrogens with zero attached hydrogens (tertiary/aromatic N) is 6. The van der Waals surface area contributed by atoms with Gasteiger partial charge in [-0.3, -0.25) is 4.79 Å². The minimum Gasteiger partial charge on any atom is -0.339 e. The minimum atomic E-state index is 0.0342. The van der Waals surface area contributed by atoms with Crippen LogP contribution in [0.1, 0.15) is 41.6 Å². The van der Waals surface area contributed by atoms with Gasteiger partial charge in [0, 0.05) is 31.3 Å². The zero-order chi connectivity index (χ0) is 18.1. The summed E-state index contributed by atoms with van der Waals surface area (Å²) in [6.45, 7) is 5.48. The monoisotopic (exact) mass is 352 g/mol. The number of pyridine rings is 1. The molecule has 0 radical (unpaired) electrons. The van der Waals surface area contributed by atoms with Crippen LogP contribution >= 0.6 is 0 Å². The summed E-state index contributed by atoms with van der Waals surface area (Å²) < 4.78 is 6.96. The van der Waals surface area contributed by atoms with E-state index in [-0.39, 0.29) is 5.91 Å². The van der Waals surface area contributed by atoms with Gasteiger partial charge in [-0.05, 0) is 31.9 Å². The van der Waals surface area contributed by atoms with Crippen molar-refractivity contribution in [1.82, 2.24) is 29.8 Å². The van der Waals surface area contributed by atoms with E-state index in [9.17, 15) is 4.79 Å². The van der Waals surface area contributed by atoms with E-state index in [0.717, 1.165) is 37.2 Å². The van der Waals surface area contributed by atoms with Crippen LogP contribution < -0.4 is 0 Å². The molecule has 3 aromatic rings. The molecule has 0 spiro atoms. The maximum atomic E-state index is 12.7. The first kappa shape index (κ1) is 16.4. The summed E-state index contributed by atoms with van der Waals surface area (Å²) in [5.41, 5.74) is 2.15. The van der Waals surface area contributed by atoms with Crippen molar-refractivity contribution in [3.63, 3.8) is 0 Å². The molecule has 26 heavy (non-hydrogen) atoms. The molecule has 1 amide bonds. The fraction of sp³-hybridized carbons (Fsp3) is 0.389. The molecular weight excluding hydrogens is 332 g/mol. The van der Waals surface area contributed by atoms with Crippen LogP contribution in [0.2, 0.25) is 0 Å². The number of hydrogen-bond acceptors (Lipinski definition) is 6. The lowest BCUT2D eigenvalue weighted by molar-refractivity contribution is 0.0792. The van der Waals surface area contributed by atoms with Crippen molar-refractivity contribution in [3.05, 3.63) is 41.6 Å². The van der Waals surface area contributed by atoms with E-state index in [4.69, 9.17) is 4.52 Å². The van der Waals surface area contributed by atoms with Crippen LogP contribution in [0.25, 0.3) is 17.3 Å². The number of amides is 1. The highest BCUT2D eigenvalue weighted by Gasteiger charge is 2.24. The van der Waals surface area contributed by atoms with Crippen molar-refractivity contribution in [3.8, 4) is 17.3 Å². The predicted octanol–water partition coefficient (Wildman–Crippen LogP) is 2.42. The molecule has 3 aromatic heterocycles. The lowest BCUT2D eigenvalue weighted by atomic mass is 10.2. The third-order valence-electron chi connectivity index (χ3n) is 4.63. The van der Waals surface area contributed by atoms with Crippen molar-refractivity contribution in [2.75, 3.05) is 13.1 Å². The van der Waals surface area contributed by atoms with Crippen molar-refractivity contribution in [2.24, 2.45) is 0 Å². The maximum Gasteiger partial charge on any atom is 0.258 e. The number of aromatic nitrogens is 5. The summed E-state index contributed by atoms with van der Waals surface area (Å²) in [5.74, 6) is 1.75. The van der Waals surface area contributed by atoms with Gasteiger partial charge in [-0.2, -0.15) is 10.1 Å². The molecule has 4 heterocycles. The molecule has 1 aliphatic heterocycles. The first-order valence-corrected chi connectivity index (χ1v) is 8.80. The number of hydrogen-bond donors (Lipinski definition) is 0. The molecule has 1 fully saturated rings. The lowest BCUT2D eigenvalue weighted by Gasteiger charge is -2.14. The Morgan fingerprint density at radius 1 is 1.31 bits per heavy atom. The van der Waals surface area contributed by atoms with E-state index in [2.05, 4.69) is 20.2 Å². The number of carbonyl (C=O) groups excluding carboxylic acids is 1. The number of aryl methyl sites for hydroxylation is 1. The van der Waals surface area contributed by atoms with Crippen LogP contribution in [0.5, 0.6) is 0 Å². The van der Waals surface area contributed by atoms with Gasteiger partial charge in [0.05, 0.1) is 17.5 Å². The molecule has 8 heteroatoms. The molecule has 134 valence electrons. The van der Waals surface area contributed by atoms with Gasteiger partial charge in [0.1, 0.15) is 0 Å². The summed E-state index contributed by atoms with van der Waals surface area (Å²) >= 11 is 0. The summed E-state index contributed by atoms with van der Waals surface area (Å²) in [4.78, 5) is 23.3. The molecule has 0 unspecified atom stereocenters. The van der Waals surface area contributed by atoms with Gasteiger partial charge in [0.15, 0.2) is 11.6 Å². The number of rotatable bonds is 4. The van der Waals surface area contributed by atoms with E-state index in [0.29, 0.717) is 29.5 Å². The molecule has 0 atom stereocenters. The summed E-state index contributed by atoms with van der Waals surface area (Å²) in [7, 11) is 0. The Morgan fingerprint density at radius 2 is 2.12 bits per heavy atom. The topological polar surface area (TPSA) is 89.9 Å². The third kappa shape index (κ3) is 2.87. The highest BCUT2D eigenvalue weighted by molar-refractivity contribution is 5.95. The third-order valence-corrected chi connectivity index (χ3v) is 4.63. The van der Waals surface area contributed by atoms with Gasteiger partial charge in [0.25, 0.3) is 11.8 Å². The summed E-state index contributed by atoms with van der Waals surface area (Å²) in [6, 6.07) is 3.64. The average molecular weight is 352 g/mol. The van der Waals surface area contributed by atoms with Crippen LogP contribution in [0.15, 0.2) is 29.0 Å². The molecule has 0 aromatic carbocycles. The zero-order valence-electron chi connectivity index (χ0n) is 14.8. The molecular formula is C18H20N6O2. The molecule has 0 saturated carbocycles. The van der Waals surface area contributed by atoms with E-state index >= 15 is 0 Å². The quantitative estimate of drug-likeness (QED) is 0.716. The highest BCUT2D eigenvalue weighted by atomic mass is 16.5. The van der Waals surface area contributed by atoms with Gasteiger partial charge in [0.2, 0.25) is 0 Å². The molecule has 4 rings (SSSR count). The van der Waals surface area contributed by atoms with Gasteiger partial charge in [-0.15, -0.1) is 0 Å². The van der Waals surface area contributed by atoms with Gasteiger partial charge in [-0.1, -0.05) is 12.1 Å². The second-order valence-corrected chi connectivity index (χ2v) is 6.33. The normalized spacial score (nSPS) is 14.2. The minimum absolute atomic E-state index is 0.0342. The van der Waals surface area contributed by atoms with Gasteiger partial charge in [-0.25, -0.2) is 9.67 Å². The molecule has 8 nitrogen and oxygen atoms in total. The Hall–Kier alpha value is -3.03. The standard InChI is InChI=1S/C18H20N6O2/c1-3-15-21-17(26-22-15)13-6-7-19-16(10-13)24-12(2)14(11-20-24)18(25)23-8-4-5-9-23/h6-7,10-11H,3-5,8-9H2,1-2H3. The van der Waals surface area contributed by atoms with E-state index < -0.39 is 0 Å². The Bertz CT molecular complexity index is 939. The van der Waals surface area contributed by atoms with E-state index in [1.54, 1.807) is 17.1 Å². The number of carbonyl (C=O) groups is 1. The van der Waals surface area contributed by atoms with Crippen molar-refractivity contribution in [1.29, 1.82) is 0 Å². The van der Waals surface area contributed by atoms with Crippen LogP contribution in [-0.2, 0) is 6.42 Å². The summed E-state index contributed by atoms with van der Waals surface area (Å²) in [6.07, 6.45) is 6.12. The van der Waals surface area contributed by atoms with E-state index in [1.807, 2.05) is 30.9 Å². The second-order valence-electron chi connectivity index (χ2n) is 6.33. The fourth-order valence-electron chi connectivity index (χ4n) is 3.12. The Kier molecular flexibility index (Phi) is 4.24. The van der Waals surface area contributed by atoms with Crippen LogP contribution in [0, 0.1) is 6.92 Å². The number of likely N-dealkylation sites (tertiary alicyclic amines) is 1. The Balaban J connectivity index is 1.66. The van der Waals surface area contributed by atoms with Crippen molar-refractivity contribution in [2.45, 2.75) is 33.1 Å². The Morgan fingerprint density at radius 3 is 2.85 bits per heavy atom. The second kappa shape index (κ2) is 6.70. The van der Waals surface area contributed by atoms with Crippen molar-refractivity contribution >= 4 is 5.91 Å². The maximum absolute atomic E-state index is 12.7. The van der Waals surface area contributed by atoms with Crippen LogP contribution in [0.3, 0.4) is 0 Å². The van der Waals surface area contributed by atoms with Gasteiger partial charge >= 0.3 is 0 Å². The van der Waals surface area contributed by atoms with Crippen LogP contribution in [0.4, 0.5) is 0 Å². The summed E-state index contributed by atoms with van der Waals surface area (Å²) in [5, 5.41) is 8.30. The lowest BCUT2D eigenvalue weighted by Crippen LogP contribution is -2.27. The first-order valence-electron chi connectivity index (χ1n) is 8.80. The molecule has 0 N–H and O–H groups in total. The molecule has 0 bridgehead atoms. The molecule has 0 aliphatic carbocycles. The first-order chi connectivity index (χ1) is 12.7. The fourth-order valence-corrected chi connectivity index (χ4v) is 3.12. The van der Waals surface area contributed by atoms with Crippen LogP contribution in [-0.4, -0.2) is 48.8 Å². The SMILES string of the molecule is CCc1noc(-c2ccnc(-n3ncc(C(=O)N4CCCC4)c3C)c2)n1. The Labute approximate surface area is 150 Å². The largest absolute Gasteiger partial charge is 0.339 e. The van der Waals surface area contributed by atoms with E-state index in [1.165, 1.54) is 0 Å².